The van der Waals surface area contributed by atoms with Gasteiger partial charge in [0.05, 0.1) is 6.07 Å². The Balaban J connectivity index is 3.66. The van der Waals surface area contributed by atoms with Gasteiger partial charge in [0.15, 0.2) is 0 Å². The highest BCUT2D eigenvalue weighted by molar-refractivity contribution is 5.66. The maximum atomic E-state index is 10.3. The molecule has 0 heterocycles. The first kappa shape index (κ1) is 8.70. The molecular weight excluding hydrogens is 130 g/mol. The molecule has 0 aliphatic heterocycles. The van der Waals surface area contributed by atoms with Crippen molar-refractivity contribution in [3.8, 4) is 6.07 Å². The number of esters is 1. The Labute approximate surface area is 59.9 Å². The Hall–Kier alpha value is -1.30. The summed E-state index contributed by atoms with van der Waals surface area (Å²) in [6.07, 6.45) is 2.49. The van der Waals surface area contributed by atoms with E-state index in [1.165, 1.54) is 19.1 Å². The smallest absolute Gasteiger partial charge is 0.303 e. The van der Waals surface area contributed by atoms with Crippen LogP contribution < -0.4 is 0 Å². The van der Waals surface area contributed by atoms with E-state index in [1.807, 2.05) is 0 Å². The van der Waals surface area contributed by atoms with Crippen LogP contribution in [0, 0.1) is 11.3 Å². The van der Waals surface area contributed by atoms with Gasteiger partial charge < -0.3 is 4.74 Å². The van der Waals surface area contributed by atoms with Gasteiger partial charge in [-0.3, -0.25) is 4.79 Å². The fourth-order valence-corrected chi connectivity index (χ4v) is 0.480. The monoisotopic (exact) mass is 139 g/mol. The third-order valence-electron chi connectivity index (χ3n) is 0.794. The van der Waals surface area contributed by atoms with Gasteiger partial charge in [0, 0.05) is 13.0 Å². The molecule has 0 aliphatic rings. The van der Waals surface area contributed by atoms with E-state index < -0.39 is 0 Å². The van der Waals surface area contributed by atoms with E-state index in [9.17, 15) is 4.79 Å². The number of nitrogens with zero attached hydrogens (tertiary/aromatic N) is 1. The fraction of sp³-hybridized carbons (Fsp3) is 0.429. The number of carbonyl (C=O) groups is 1. The van der Waals surface area contributed by atoms with Gasteiger partial charge in [-0.05, 0) is 13.0 Å². The highest BCUT2D eigenvalue weighted by Gasteiger charge is 1.97. The van der Waals surface area contributed by atoms with Crippen molar-refractivity contribution < 1.29 is 9.53 Å². The summed E-state index contributed by atoms with van der Waals surface area (Å²) in [4.78, 5) is 10.3. The fourth-order valence-electron chi connectivity index (χ4n) is 0.480. The molecule has 54 valence electrons. The molecular formula is C7H9NO2. The summed E-state index contributed by atoms with van der Waals surface area (Å²) in [6.45, 7) is 3.02. The minimum absolute atomic E-state index is 0.308. The third-order valence-corrected chi connectivity index (χ3v) is 0.794. The first-order chi connectivity index (χ1) is 4.66. The standard InChI is InChI=1S/C7H9NO2/c1-6(4-3-5-8)10-7(2)9/h3-4,6H,1-2H3. The molecule has 0 aliphatic carbocycles. The molecule has 3 heteroatoms. The first-order valence-electron chi connectivity index (χ1n) is 2.90. The predicted octanol–water partition coefficient (Wildman–Crippen LogP) is 1.02. The van der Waals surface area contributed by atoms with Crippen LogP contribution in [0.5, 0.6) is 0 Å². The Bertz CT molecular complexity index is 179. The number of nitriles is 1. The van der Waals surface area contributed by atoms with Crippen LogP contribution in [0.15, 0.2) is 12.2 Å². The molecule has 0 rings (SSSR count). The minimum Gasteiger partial charge on any atom is -0.459 e. The molecule has 0 N–H and O–H groups in total. The second-order valence-electron chi connectivity index (χ2n) is 1.80. The topological polar surface area (TPSA) is 50.1 Å². The van der Waals surface area contributed by atoms with E-state index in [1.54, 1.807) is 13.0 Å². The van der Waals surface area contributed by atoms with Crippen molar-refractivity contribution in [2.24, 2.45) is 0 Å². The zero-order valence-corrected chi connectivity index (χ0v) is 6.00. The van der Waals surface area contributed by atoms with Gasteiger partial charge in [-0.1, -0.05) is 0 Å². The number of hydrogen-bond donors (Lipinski definition) is 0. The van der Waals surface area contributed by atoms with Crippen LogP contribution in [0.4, 0.5) is 0 Å². The molecule has 10 heavy (non-hydrogen) atoms. The van der Waals surface area contributed by atoms with Gasteiger partial charge >= 0.3 is 5.97 Å². The van der Waals surface area contributed by atoms with Crippen LogP contribution in [0.25, 0.3) is 0 Å². The Morgan fingerprint density at radius 3 is 2.80 bits per heavy atom. The summed E-state index contributed by atoms with van der Waals surface area (Å²) >= 11 is 0. The summed E-state index contributed by atoms with van der Waals surface area (Å²) in [6, 6.07) is 1.80. The van der Waals surface area contributed by atoms with Gasteiger partial charge in [0.2, 0.25) is 0 Å². The van der Waals surface area contributed by atoms with Crippen LogP contribution in [0.3, 0.4) is 0 Å². The molecule has 0 spiro atoms. The zero-order valence-electron chi connectivity index (χ0n) is 6.00. The van der Waals surface area contributed by atoms with Crippen LogP contribution in [0.2, 0.25) is 0 Å². The lowest BCUT2D eigenvalue weighted by Gasteiger charge is -2.03. The van der Waals surface area contributed by atoms with Crippen molar-refractivity contribution in [2.75, 3.05) is 0 Å². The largest absolute Gasteiger partial charge is 0.459 e. The van der Waals surface area contributed by atoms with E-state index >= 15 is 0 Å². The second-order valence-corrected chi connectivity index (χ2v) is 1.80. The first-order valence-corrected chi connectivity index (χ1v) is 2.90. The van der Waals surface area contributed by atoms with E-state index in [2.05, 4.69) is 4.74 Å². The van der Waals surface area contributed by atoms with Crippen molar-refractivity contribution in [3.05, 3.63) is 12.2 Å². The van der Waals surface area contributed by atoms with Crippen molar-refractivity contribution in [1.82, 2.24) is 0 Å². The second kappa shape index (κ2) is 4.57. The number of rotatable bonds is 2. The summed E-state index contributed by atoms with van der Waals surface area (Å²) in [5.74, 6) is -0.338. The SMILES string of the molecule is CC(=O)OC(C)C=CC#N. The highest BCUT2D eigenvalue weighted by Crippen LogP contribution is 1.91. The van der Waals surface area contributed by atoms with Gasteiger partial charge in [-0.2, -0.15) is 5.26 Å². The molecule has 0 saturated heterocycles. The lowest BCUT2D eigenvalue weighted by molar-refractivity contribution is -0.143. The van der Waals surface area contributed by atoms with Crippen LogP contribution in [-0.4, -0.2) is 12.1 Å². The number of ether oxygens (including phenoxy) is 1. The molecule has 0 amide bonds. The molecule has 0 saturated carbocycles. The summed E-state index contributed by atoms with van der Waals surface area (Å²) in [5, 5.41) is 8.07. The molecule has 0 aromatic rings. The minimum atomic E-state index is -0.338. The Morgan fingerprint density at radius 1 is 1.80 bits per heavy atom. The lowest BCUT2D eigenvalue weighted by atomic mass is 10.3. The van der Waals surface area contributed by atoms with Gasteiger partial charge in [-0.15, -0.1) is 0 Å². The summed E-state index contributed by atoms with van der Waals surface area (Å²) in [5.41, 5.74) is 0. The van der Waals surface area contributed by atoms with E-state index in [-0.39, 0.29) is 12.1 Å². The highest BCUT2D eigenvalue weighted by atomic mass is 16.5. The molecule has 0 radical (unpaired) electrons. The maximum Gasteiger partial charge on any atom is 0.303 e. The average molecular weight is 139 g/mol. The van der Waals surface area contributed by atoms with Crippen LogP contribution >= 0.6 is 0 Å². The number of hydrogen-bond acceptors (Lipinski definition) is 3. The van der Waals surface area contributed by atoms with E-state index in [4.69, 9.17) is 5.26 Å². The lowest BCUT2D eigenvalue weighted by Crippen LogP contribution is -2.08. The zero-order chi connectivity index (χ0) is 7.98. The number of carbonyl (C=O) groups excluding carboxylic acids is 1. The molecule has 1 atom stereocenters. The summed E-state index contributed by atoms with van der Waals surface area (Å²) < 4.78 is 4.68. The van der Waals surface area contributed by atoms with Crippen molar-refractivity contribution in [1.29, 1.82) is 5.26 Å². The molecule has 0 fully saturated rings. The van der Waals surface area contributed by atoms with Crippen LogP contribution in [-0.2, 0) is 9.53 Å². The van der Waals surface area contributed by atoms with Gasteiger partial charge in [0.25, 0.3) is 0 Å². The average Bonchev–Trinajstić information content (AvgIpc) is 1.82. The predicted molar refractivity (Wildman–Crippen MR) is 36.0 cm³/mol. The third kappa shape index (κ3) is 4.85. The molecule has 0 bridgehead atoms. The molecule has 3 nitrogen and oxygen atoms in total. The molecule has 0 aromatic heterocycles. The van der Waals surface area contributed by atoms with Crippen molar-refractivity contribution in [2.45, 2.75) is 20.0 Å². The number of allylic oxidation sites excluding steroid dienone is 1. The molecule has 1 unspecified atom stereocenters. The maximum absolute atomic E-state index is 10.3. The summed E-state index contributed by atoms with van der Waals surface area (Å²) in [7, 11) is 0. The van der Waals surface area contributed by atoms with E-state index in [0.717, 1.165) is 0 Å². The molecule has 0 aromatic carbocycles. The normalized spacial score (nSPS) is 12.5. The van der Waals surface area contributed by atoms with Crippen molar-refractivity contribution in [3.63, 3.8) is 0 Å². The quantitative estimate of drug-likeness (QED) is 0.424. The van der Waals surface area contributed by atoms with Gasteiger partial charge in [-0.25, -0.2) is 0 Å². The van der Waals surface area contributed by atoms with Gasteiger partial charge in [0.1, 0.15) is 6.10 Å². The Kier molecular flexibility index (Phi) is 3.97. The van der Waals surface area contributed by atoms with Crippen LogP contribution in [0.1, 0.15) is 13.8 Å². The van der Waals surface area contributed by atoms with E-state index in [0.29, 0.717) is 0 Å². The van der Waals surface area contributed by atoms with Crippen molar-refractivity contribution >= 4 is 5.97 Å². The Morgan fingerprint density at radius 2 is 2.40 bits per heavy atom.